The van der Waals surface area contributed by atoms with Gasteiger partial charge in [-0.2, -0.15) is 22.0 Å². The van der Waals surface area contributed by atoms with Gasteiger partial charge < -0.3 is 0 Å². The van der Waals surface area contributed by atoms with Crippen LogP contribution in [0, 0.1) is 0 Å². The van der Waals surface area contributed by atoms with Crippen molar-refractivity contribution in [3.05, 3.63) is 0 Å². The first-order valence-electron chi connectivity index (χ1n) is 3.21. The van der Waals surface area contributed by atoms with E-state index < -0.39 is 20.1 Å². The molecule has 0 amide bonds. The number of phosphoric acid groups is 1. The summed E-state index contributed by atoms with van der Waals surface area (Å²) in [5, 5.41) is 0. The molecule has 1 saturated heterocycles. The monoisotopic (exact) mass is 242 g/mol. The molecule has 0 radical (unpaired) electrons. The van der Waals surface area contributed by atoms with Crippen LogP contribution in [-0.2, 0) is 18.1 Å². The molecule has 0 atom stereocenters. The Bertz CT molecular complexity index is 253. The van der Waals surface area contributed by atoms with E-state index in [1.165, 1.54) is 0 Å². The van der Waals surface area contributed by atoms with Gasteiger partial charge in [0.2, 0.25) is 0 Å². The second-order valence-electron chi connectivity index (χ2n) is 2.22. The molecule has 1 heterocycles. The van der Waals surface area contributed by atoms with E-state index in [9.17, 15) is 26.5 Å². The zero-order valence-electron chi connectivity index (χ0n) is 6.38. The lowest BCUT2D eigenvalue weighted by atomic mass is 10.6. The van der Waals surface area contributed by atoms with Crippen LogP contribution < -0.4 is 0 Å². The molecular weight excluding hydrogens is 238 g/mol. The predicted molar refractivity (Wildman–Crippen MR) is 31.6 cm³/mol. The third-order valence-corrected chi connectivity index (χ3v) is 2.59. The Balaban J connectivity index is 2.72. The molecule has 0 saturated carbocycles. The Labute approximate surface area is 74.5 Å². The number of phosphoric ester groups is 1. The summed E-state index contributed by atoms with van der Waals surface area (Å²) in [6.45, 7) is -0.712. The van der Waals surface area contributed by atoms with Crippen molar-refractivity contribution in [2.45, 2.75) is 12.3 Å². The standard InChI is InChI=1S/C4H4F5O4P/c5-3(6,7)4(8,9)13-14(10)11-1-2-12-14/h1-2H2. The van der Waals surface area contributed by atoms with Gasteiger partial charge in [0.1, 0.15) is 0 Å². The maximum atomic E-state index is 12.1. The van der Waals surface area contributed by atoms with Crippen LogP contribution in [0.3, 0.4) is 0 Å². The number of hydrogen-bond acceptors (Lipinski definition) is 4. The maximum Gasteiger partial charge on any atom is 0.483 e. The van der Waals surface area contributed by atoms with Crippen molar-refractivity contribution in [1.29, 1.82) is 0 Å². The average molecular weight is 242 g/mol. The zero-order chi connectivity index (χ0) is 11.0. The lowest BCUT2D eigenvalue weighted by molar-refractivity contribution is -0.364. The van der Waals surface area contributed by atoms with Crippen LogP contribution in [0.1, 0.15) is 0 Å². The Kier molecular flexibility index (Phi) is 2.88. The van der Waals surface area contributed by atoms with Gasteiger partial charge in [-0.15, -0.1) is 0 Å². The Morgan fingerprint density at radius 1 is 1.07 bits per heavy atom. The van der Waals surface area contributed by atoms with Crippen LogP contribution in [0.25, 0.3) is 0 Å². The topological polar surface area (TPSA) is 44.8 Å². The fraction of sp³-hybridized carbons (Fsp3) is 1.00. The van der Waals surface area contributed by atoms with E-state index in [2.05, 4.69) is 13.6 Å². The fourth-order valence-electron chi connectivity index (χ4n) is 0.580. The van der Waals surface area contributed by atoms with E-state index >= 15 is 0 Å². The van der Waals surface area contributed by atoms with Gasteiger partial charge >= 0.3 is 20.1 Å². The van der Waals surface area contributed by atoms with Gasteiger partial charge in [-0.1, -0.05) is 0 Å². The molecule has 1 aliphatic rings. The molecule has 0 unspecified atom stereocenters. The molecule has 0 spiro atoms. The second-order valence-corrected chi connectivity index (χ2v) is 3.81. The van der Waals surface area contributed by atoms with E-state index in [1.54, 1.807) is 0 Å². The van der Waals surface area contributed by atoms with Crippen LogP contribution in [0.4, 0.5) is 22.0 Å². The molecule has 1 fully saturated rings. The molecule has 0 aromatic carbocycles. The Morgan fingerprint density at radius 3 is 1.86 bits per heavy atom. The summed E-state index contributed by atoms with van der Waals surface area (Å²) >= 11 is 0. The summed E-state index contributed by atoms with van der Waals surface area (Å²) in [5.74, 6) is 0. The maximum absolute atomic E-state index is 12.1. The summed E-state index contributed by atoms with van der Waals surface area (Å²) in [4.78, 5) is 0. The van der Waals surface area contributed by atoms with E-state index in [-0.39, 0.29) is 13.2 Å². The normalized spacial score (nSPS) is 22.6. The zero-order valence-corrected chi connectivity index (χ0v) is 7.28. The summed E-state index contributed by atoms with van der Waals surface area (Å²) < 4.78 is 80.8. The molecule has 0 aliphatic carbocycles. The first kappa shape index (κ1) is 11.8. The van der Waals surface area contributed by atoms with E-state index in [0.717, 1.165) is 0 Å². The second kappa shape index (κ2) is 3.41. The van der Waals surface area contributed by atoms with Crippen LogP contribution in [0.5, 0.6) is 0 Å². The van der Waals surface area contributed by atoms with Gasteiger partial charge in [0.25, 0.3) is 0 Å². The van der Waals surface area contributed by atoms with Crippen molar-refractivity contribution >= 4 is 7.82 Å². The van der Waals surface area contributed by atoms with Crippen molar-refractivity contribution in [2.75, 3.05) is 13.2 Å². The molecule has 84 valence electrons. The van der Waals surface area contributed by atoms with E-state index in [1.807, 2.05) is 0 Å². The Morgan fingerprint density at radius 2 is 1.50 bits per heavy atom. The van der Waals surface area contributed by atoms with Crippen LogP contribution in [0.15, 0.2) is 0 Å². The van der Waals surface area contributed by atoms with Gasteiger partial charge in [0.15, 0.2) is 0 Å². The predicted octanol–water partition coefficient (Wildman–Crippen LogP) is 2.31. The molecule has 0 bridgehead atoms. The largest absolute Gasteiger partial charge is 0.483 e. The summed E-state index contributed by atoms with van der Waals surface area (Å²) in [6, 6.07) is 0. The van der Waals surface area contributed by atoms with Crippen molar-refractivity contribution in [2.24, 2.45) is 0 Å². The fourth-order valence-corrected chi connectivity index (χ4v) is 1.74. The molecule has 14 heavy (non-hydrogen) atoms. The average Bonchev–Trinajstić information content (AvgIpc) is 2.31. The minimum Gasteiger partial charge on any atom is -0.284 e. The lowest BCUT2D eigenvalue weighted by Crippen LogP contribution is -2.38. The molecule has 0 aromatic rings. The molecule has 1 rings (SSSR count). The number of alkyl halides is 5. The van der Waals surface area contributed by atoms with Crippen molar-refractivity contribution in [1.82, 2.24) is 0 Å². The molecule has 1 aliphatic heterocycles. The third-order valence-electron chi connectivity index (χ3n) is 1.14. The first-order chi connectivity index (χ1) is 6.16. The quantitative estimate of drug-likeness (QED) is 0.550. The molecular formula is C4H4F5O4P. The highest BCUT2D eigenvalue weighted by molar-refractivity contribution is 7.48. The van der Waals surface area contributed by atoms with Crippen LogP contribution >= 0.6 is 7.82 Å². The number of hydrogen-bond donors (Lipinski definition) is 0. The van der Waals surface area contributed by atoms with Crippen molar-refractivity contribution in [3.8, 4) is 0 Å². The number of rotatable bonds is 2. The van der Waals surface area contributed by atoms with Gasteiger partial charge in [-0.3, -0.25) is 9.05 Å². The highest BCUT2D eigenvalue weighted by atomic mass is 31.2. The molecule has 4 nitrogen and oxygen atoms in total. The van der Waals surface area contributed by atoms with Gasteiger partial charge in [-0.05, 0) is 0 Å². The van der Waals surface area contributed by atoms with Crippen molar-refractivity contribution < 1.29 is 40.1 Å². The van der Waals surface area contributed by atoms with E-state index in [0.29, 0.717) is 0 Å². The third kappa shape index (κ3) is 2.41. The minimum absolute atomic E-state index is 0.356. The lowest BCUT2D eigenvalue weighted by Gasteiger charge is -2.20. The highest BCUT2D eigenvalue weighted by Crippen LogP contribution is 2.58. The van der Waals surface area contributed by atoms with Crippen molar-refractivity contribution in [3.63, 3.8) is 0 Å². The SMILES string of the molecule is O=P1(OC(F)(F)C(F)(F)F)OCCO1. The number of halogens is 5. The smallest absolute Gasteiger partial charge is 0.284 e. The van der Waals surface area contributed by atoms with E-state index in [4.69, 9.17) is 0 Å². The summed E-state index contributed by atoms with van der Waals surface area (Å²) in [5.41, 5.74) is 0. The molecule has 0 aromatic heterocycles. The van der Waals surface area contributed by atoms with Gasteiger partial charge in [0.05, 0.1) is 13.2 Å². The van der Waals surface area contributed by atoms with Gasteiger partial charge in [-0.25, -0.2) is 9.09 Å². The minimum atomic E-state index is -5.96. The summed E-state index contributed by atoms with van der Waals surface area (Å²) in [6.07, 6.45) is -11.5. The van der Waals surface area contributed by atoms with Gasteiger partial charge in [0, 0.05) is 0 Å². The summed E-state index contributed by atoms with van der Waals surface area (Å²) in [7, 11) is -4.76. The molecule has 10 heteroatoms. The first-order valence-corrected chi connectivity index (χ1v) is 4.67. The van der Waals surface area contributed by atoms with Crippen LogP contribution in [-0.4, -0.2) is 25.5 Å². The highest BCUT2D eigenvalue weighted by Gasteiger charge is 2.64. The molecule has 0 N–H and O–H groups in total. The Hall–Kier alpha value is -0.240. The van der Waals surface area contributed by atoms with Crippen LogP contribution in [0.2, 0.25) is 0 Å².